The van der Waals surface area contributed by atoms with Gasteiger partial charge in [-0.25, -0.2) is 4.98 Å². The van der Waals surface area contributed by atoms with Gasteiger partial charge in [0.25, 0.3) is 5.91 Å². The third-order valence-electron chi connectivity index (χ3n) is 3.21. The smallest absolute Gasteiger partial charge is 0.256 e. The first-order chi connectivity index (χ1) is 10.9. The van der Waals surface area contributed by atoms with Crippen molar-refractivity contribution >= 4 is 34.4 Å². The Balaban J connectivity index is 1.87. The highest BCUT2D eigenvalue weighted by Crippen LogP contribution is 2.18. The van der Waals surface area contributed by atoms with Gasteiger partial charge in [-0.1, -0.05) is 0 Å². The second-order valence-corrected chi connectivity index (χ2v) is 5.08. The van der Waals surface area contributed by atoms with E-state index in [1.54, 1.807) is 25.1 Å². The average molecular weight is 313 g/mol. The number of hydrogen-bond donors (Lipinski definition) is 2. The number of anilines is 2. The van der Waals surface area contributed by atoms with E-state index in [4.69, 9.17) is 5.73 Å². The van der Waals surface area contributed by atoms with Gasteiger partial charge in [0.05, 0.1) is 17.2 Å². The van der Waals surface area contributed by atoms with Crippen molar-refractivity contribution < 1.29 is 9.59 Å². The van der Waals surface area contributed by atoms with E-state index in [1.165, 1.54) is 22.5 Å². The molecule has 0 bridgehead atoms. The molecule has 3 rings (SSSR count). The van der Waals surface area contributed by atoms with Crippen molar-refractivity contribution in [3.63, 3.8) is 0 Å². The molecule has 0 unspecified atom stereocenters. The zero-order chi connectivity index (χ0) is 16.6. The molecule has 0 spiro atoms. The summed E-state index contributed by atoms with van der Waals surface area (Å²) in [5.74, 6) is 0.368. The number of benzene rings is 1. The maximum absolute atomic E-state index is 12.5. The number of carbonyl (C=O) groups excluding carboxylic acids is 2. The summed E-state index contributed by atoms with van der Waals surface area (Å²) in [5.41, 5.74) is 7.65. The van der Waals surface area contributed by atoms with E-state index < -0.39 is 0 Å². The molecular weight excluding hydrogens is 298 g/mol. The minimum absolute atomic E-state index is 0.0732. The van der Waals surface area contributed by atoms with Crippen LogP contribution in [0.15, 0.2) is 24.4 Å². The molecule has 1 amide bonds. The van der Waals surface area contributed by atoms with Crippen LogP contribution >= 0.6 is 0 Å². The van der Waals surface area contributed by atoms with Crippen LogP contribution in [0, 0.1) is 6.92 Å². The first-order valence-electron chi connectivity index (χ1n) is 6.89. The van der Waals surface area contributed by atoms with Crippen LogP contribution in [0.2, 0.25) is 0 Å². The van der Waals surface area contributed by atoms with E-state index >= 15 is 0 Å². The van der Waals surface area contributed by atoms with Crippen LogP contribution in [0.3, 0.4) is 0 Å². The van der Waals surface area contributed by atoms with Crippen molar-refractivity contribution in [1.82, 2.24) is 24.5 Å². The fraction of sp³-hybridized carbons (Fsp3) is 0.214. The van der Waals surface area contributed by atoms with Gasteiger partial charge in [-0.3, -0.25) is 14.2 Å². The highest BCUT2D eigenvalue weighted by atomic mass is 16.2. The van der Waals surface area contributed by atoms with Crippen LogP contribution < -0.4 is 11.1 Å². The standard InChI is InChI=1S/C14H15N7O2/c1-8-17-11-5-10(15)3-4-12(11)21(8)14(23)7-20-16-6-13(19-20)18-9(2)22/h3-6H,7,15H2,1-2H3,(H,18,19,22). The topological polar surface area (TPSA) is 121 Å². The van der Waals surface area contributed by atoms with E-state index in [-0.39, 0.29) is 18.4 Å². The summed E-state index contributed by atoms with van der Waals surface area (Å²) in [4.78, 5) is 29.1. The second kappa shape index (κ2) is 5.52. The lowest BCUT2D eigenvalue weighted by molar-refractivity contribution is -0.114. The van der Waals surface area contributed by atoms with Gasteiger partial charge in [-0.15, -0.1) is 5.10 Å². The lowest BCUT2D eigenvalue weighted by Crippen LogP contribution is -2.20. The van der Waals surface area contributed by atoms with Gasteiger partial charge in [-0.2, -0.15) is 9.90 Å². The molecule has 0 saturated heterocycles. The van der Waals surface area contributed by atoms with Crippen molar-refractivity contribution in [3.8, 4) is 0 Å². The van der Waals surface area contributed by atoms with Crippen molar-refractivity contribution in [2.75, 3.05) is 11.1 Å². The molecule has 0 saturated carbocycles. The Labute approximate surface area is 131 Å². The number of nitrogens with zero attached hydrogens (tertiary/aromatic N) is 5. The van der Waals surface area contributed by atoms with Crippen LogP contribution in [0.4, 0.5) is 11.5 Å². The normalized spacial score (nSPS) is 10.9. The molecule has 0 aliphatic heterocycles. The Morgan fingerprint density at radius 3 is 2.87 bits per heavy atom. The lowest BCUT2D eigenvalue weighted by Gasteiger charge is -2.05. The molecule has 3 N–H and O–H groups in total. The second-order valence-electron chi connectivity index (χ2n) is 5.08. The number of rotatable bonds is 3. The molecule has 23 heavy (non-hydrogen) atoms. The molecule has 0 aliphatic rings. The highest BCUT2D eigenvalue weighted by molar-refractivity contribution is 5.92. The van der Waals surface area contributed by atoms with Crippen LogP contribution in [-0.4, -0.2) is 36.4 Å². The summed E-state index contributed by atoms with van der Waals surface area (Å²) in [6, 6.07) is 5.18. The Kier molecular flexibility index (Phi) is 3.53. The first-order valence-corrected chi connectivity index (χ1v) is 6.89. The molecule has 0 atom stereocenters. The summed E-state index contributed by atoms with van der Waals surface area (Å²) >= 11 is 0. The Morgan fingerprint density at radius 2 is 2.13 bits per heavy atom. The van der Waals surface area contributed by atoms with Gasteiger partial charge < -0.3 is 11.1 Å². The van der Waals surface area contributed by atoms with Crippen molar-refractivity contribution in [2.24, 2.45) is 0 Å². The molecule has 9 nitrogen and oxygen atoms in total. The van der Waals surface area contributed by atoms with Gasteiger partial charge in [0, 0.05) is 12.6 Å². The van der Waals surface area contributed by atoms with Gasteiger partial charge >= 0.3 is 0 Å². The summed E-state index contributed by atoms with van der Waals surface area (Å²) in [7, 11) is 0. The number of aromatic nitrogens is 5. The van der Waals surface area contributed by atoms with E-state index in [0.717, 1.165) is 0 Å². The maximum Gasteiger partial charge on any atom is 0.256 e. The number of nitrogens with one attached hydrogen (secondary N) is 1. The number of fused-ring (bicyclic) bond motifs is 1. The number of nitrogen functional groups attached to an aromatic ring is 1. The molecule has 0 fully saturated rings. The predicted molar refractivity (Wildman–Crippen MR) is 83.8 cm³/mol. The van der Waals surface area contributed by atoms with Crippen molar-refractivity contribution in [3.05, 3.63) is 30.2 Å². The Bertz CT molecular complexity index is 909. The van der Waals surface area contributed by atoms with Crippen LogP contribution in [0.1, 0.15) is 17.5 Å². The lowest BCUT2D eigenvalue weighted by atomic mass is 10.3. The van der Waals surface area contributed by atoms with Crippen LogP contribution in [0.5, 0.6) is 0 Å². The first kappa shape index (κ1) is 14.7. The van der Waals surface area contributed by atoms with Crippen LogP contribution in [-0.2, 0) is 11.3 Å². The third kappa shape index (κ3) is 2.89. The van der Waals surface area contributed by atoms with E-state index in [0.29, 0.717) is 28.4 Å². The molecule has 0 aliphatic carbocycles. The molecule has 9 heteroatoms. The Morgan fingerprint density at radius 1 is 1.35 bits per heavy atom. The molecule has 2 aromatic heterocycles. The monoisotopic (exact) mass is 313 g/mol. The fourth-order valence-corrected chi connectivity index (χ4v) is 2.34. The molecule has 0 radical (unpaired) electrons. The average Bonchev–Trinajstić information content (AvgIpc) is 3.00. The number of nitrogens with two attached hydrogens (primary N) is 1. The van der Waals surface area contributed by atoms with E-state index in [2.05, 4.69) is 20.5 Å². The largest absolute Gasteiger partial charge is 0.399 e. The van der Waals surface area contributed by atoms with Gasteiger partial charge in [0.15, 0.2) is 5.82 Å². The van der Waals surface area contributed by atoms with Gasteiger partial charge in [0.1, 0.15) is 12.4 Å². The number of hydrogen-bond acceptors (Lipinski definition) is 6. The zero-order valence-electron chi connectivity index (χ0n) is 12.6. The zero-order valence-corrected chi connectivity index (χ0v) is 12.6. The maximum atomic E-state index is 12.5. The SMILES string of the molecule is CC(=O)Nc1cnn(CC(=O)n2c(C)nc3cc(N)ccc32)n1. The van der Waals surface area contributed by atoms with Crippen molar-refractivity contribution in [1.29, 1.82) is 0 Å². The van der Waals surface area contributed by atoms with E-state index in [9.17, 15) is 9.59 Å². The number of aryl methyl sites for hydroxylation is 1. The van der Waals surface area contributed by atoms with Crippen molar-refractivity contribution in [2.45, 2.75) is 20.4 Å². The molecule has 2 heterocycles. The predicted octanol–water partition coefficient (Wildman–Crippen LogP) is 0.817. The summed E-state index contributed by atoms with van der Waals surface area (Å²) in [6.07, 6.45) is 1.38. The highest BCUT2D eigenvalue weighted by Gasteiger charge is 2.16. The molecule has 118 valence electrons. The molecule has 3 aromatic rings. The van der Waals surface area contributed by atoms with Gasteiger partial charge in [0.2, 0.25) is 5.91 Å². The number of imidazole rings is 1. The summed E-state index contributed by atoms with van der Waals surface area (Å²) < 4.78 is 1.50. The summed E-state index contributed by atoms with van der Waals surface area (Å²) in [6.45, 7) is 3.04. The van der Waals surface area contributed by atoms with Crippen LogP contribution in [0.25, 0.3) is 11.0 Å². The molecular formula is C14H15N7O2. The van der Waals surface area contributed by atoms with Gasteiger partial charge in [-0.05, 0) is 25.1 Å². The fourth-order valence-electron chi connectivity index (χ4n) is 2.34. The number of carbonyl (C=O) groups is 2. The Hall–Kier alpha value is -3.23. The quantitative estimate of drug-likeness (QED) is 0.690. The van der Waals surface area contributed by atoms with E-state index in [1.807, 2.05) is 0 Å². The third-order valence-corrected chi connectivity index (χ3v) is 3.21. The summed E-state index contributed by atoms with van der Waals surface area (Å²) in [5, 5.41) is 10.5. The molecule has 1 aromatic carbocycles. The number of amides is 1. The minimum Gasteiger partial charge on any atom is -0.399 e. The minimum atomic E-state index is -0.252.